The second kappa shape index (κ2) is 8.53. The monoisotopic (exact) mass is 478 g/mol. The number of nitrogens with zero attached hydrogens (tertiary/aromatic N) is 1. The minimum Gasteiger partial charge on any atom is -0.388 e. The van der Waals surface area contributed by atoms with Crippen molar-refractivity contribution in [2.75, 3.05) is 11.6 Å². The van der Waals surface area contributed by atoms with Crippen molar-refractivity contribution in [3.63, 3.8) is 0 Å². The zero-order chi connectivity index (χ0) is 24.0. The van der Waals surface area contributed by atoms with E-state index in [4.69, 9.17) is 0 Å². The molecular weight excluding hydrogens is 456 g/mol. The van der Waals surface area contributed by atoms with Gasteiger partial charge in [-0.15, -0.1) is 11.8 Å². The second-order valence-electron chi connectivity index (χ2n) is 8.22. The predicted molar refractivity (Wildman–Crippen MR) is 120 cm³/mol. The number of alkyl halides is 3. The van der Waals surface area contributed by atoms with Gasteiger partial charge >= 0.3 is 6.18 Å². The lowest BCUT2D eigenvalue weighted by Gasteiger charge is -2.18. The first-order valence-electron chi connectivity index (χ1n) is 10.3. The van der Waals surface area contributed by atoms with Crippen LogP contribution in [0.5, 0.6) is 0 Å². The summed E-state index contributed by atoms with van der Waals surface area (Å²) in [5, 5.41) is 13.1. The molecule has 33 heavy (non-hydrogen) atoms. The summed E-state index contributed by atoms with van der Waals surface area (Å²) in [5.41, 5.74) is -0.941. The number of carbonyl (C=O) groups excluding carboxylic acids is 1. The number of aromatic nitrogens is 1. The molecule has 1 aliphatic rings. The van der Waals surface area contributed by atoms with E-state index in [2.05, 4.69) is 5.32 Å². The molecule has 1 aliphatic carbocycles. The van der Waals surface area contributed by atoms with E-state index < -0.39 is 29.1 Å². The van der Waals surface area contributed by atoms with Gasteiger partial charge in [0.25, 0.3) is 5.91 Å². The van der Waals surface area contributed by atoms with Gasteiger partial charge in [-0.2, -0.15) is 13.2 Å². The summed E-state index contributed by atoms with van der Waals surface area (Å²) in [6.45, 7) is 1.64. The number of halogens is 4. The van der Waals surface area contributed by atoms with Gasteiger partial charge in [-0.05, 0) is 55.9 Å². The fraction of sp³-hybridized carbons (Fsp3) is 0.292. The molecule has 4 nitrogen and oxygen atoms in total. The first kappa shape index (κ1) is 23.4. The standard InChI is InChI=1S/C24H22F4N2O2S/c1-14-17(22(31)29-15-7-8-20(33-2)19(25)11-15)12-30(13-23(32)9-10-23)21(14)16-5-3-4-6-18(16)24(26,27)28/h3-8,11-12,32H,9-10,13H2,1-2H3,(H,29,31). The molecule has 174 valence electrons. The lowest BCUT2D eigenvalue weighted by atomic mass is 9.99. The summed E-state index contributed by atoms with van der Waals surface area (Å²) in [5.74, 6) is -1.05. The van der Waals surface area contributed by atoms with Crippen LogP contribution in [0.1, 0.15) is 34.3 Å². The summed E-state index contributed by atoms with van der Waals surface area (Å²) < 4.78 is 56.8. The minimum atomic E-state index is -4.59. The van der Waals surface area contributed by atoms with Gasteiger partial charge in [0.05, 0.1) is 29.0 Å². The van der Waals surface area contributed by atoms with Crippen LogP contribution in [-0.4, -0.2) is 27.4 Å². The number of carbonyl (C=O) groups is 1. The Morgan fingerprint density at radius 1 is 1.21 bits per heavy atom. The van der Waals surface area contributed by atoms with Gasteiger partial charge < -0.3 is 15.0 Å². The normalized spacial score (nSPS) is 14.9. The highest BCUT2D eigenvalue weighted by Gasteiger charge is 2.42. The van der Waals surface area contributed by atoms with Crippen molar-refractivity contribution in [1.82, 2.24) is 4.57 Å². The molecule has 9 heteroatoms. The van der Waals surface area contributed by atoms with Gasteiger partial charge in [0, 0.05) is 22.3 Å². The Balaban J connectivity index is 1.77. The minimum absolute atomic E-state index is 0.0684. The summed E-state index contributed by atoms with van der Waals surface area (Å²) in [7, 11) is 0. The molecule has 0 atom stereocenters. The molecular formula is C24H22F4N2O2S. The Morgan fingerprint density at radius 2 is 1.91 bits per heavy atom. The van der Waals surface area contributed by atoms with Crippen LogP contribution in [0.25, 0.3) is 11.3 Å². The predicted octanol–water partition coefficient (Wildman–Crippen LogP) is 6.12. The van der Waals surface area contributed by atoms with Crippen LogP contribution in [0.2, 0.25) is 0 Å². The zero-order valence-electron chi connectivity index (χ0n) is 18.0. The molecule has 0 aliphatic heterocycles. The van der Waals surface area contributed by atoms with Crippen LogP contribution in [-0.2, 0) is 12.7 Å². The fourth-order valence-electron chi connectivity index (χ4n) is 3.87. The van der Waals surface area contributed by atoms with E-state index in [1.165, 1.54) is 46.8 Å². The third-order valence-electron chi connectivity index (χ3n) is 5.77. The highest BCUT2D eigenvalue weighted by Crippen LogP contribution is 2.42. The highest BCUT2D eigenvalue weighted by atomic mass is 32.2. The summed E-state index contributed by atoms with van der Waals surface area (Å²) in [6.07, 6.45) is -0.332. The number of aliphatic hydroxyl groups is 1. The first-order valence-corrected chi connectivity index (χ1v) is 11.5. The van der Waals surface area contributed by atoms with Gasteiger partial charge in [-0.25, -0.2) is 4.39 Å². The second-order valence-corrected chi connectivity index (χ2v) is 9.06. The highest BCUT2D eigenvalue weighted by molar-refractivity contribution is 7.98. The number of hydrogen-bond acceptors (Lipinski definition) is 3. The largest absolute Gasteiger partial charge is 0.417 e. The van der Waals surface area contributed by atoms with E-state index in [1.807, 2.05) is 0 Å². The van der Waals surface area contributed by atoms with Crippen molar-refractivity contribution in [2.24, 2.45) is 0 Å². The van der Waals surface area contributed by atoms with Gasteiger partial charge in [-0.3, -0.25) is 4.79 Å². The van der Waals surface area contributed by atoms with Crippen molar-refractivity contribution in [2.45, 2.75) is 43.0 Å². The third-order valence-corrected chi connectivity index (χ3v) is 6.54. The molecule has 0 bridgehead atoms. The molecule has 1 fully saturated rings. The third kappa shape index (κ3) is 4.79. The molecule has 0 radical (unpaired) electrons. The van der Waals surface area contributed by atoms with Crippen molar-refractivity contribution in [1.29, 1.82) is 0 Å². The number of rotatable bonds is 6. The molecule has 0 saturated heterocycles. The Labute approximate surface area is 192 Å². The van der Waals surface area contributed by atoms with Crippen LogP contribution in [0.3, 0.4) is 0 Å². The molecule has 3 aromatic rings. The Morgan fingerprint density at radius 3 is 2.52 bits per heavy atom. The number of anilines is 1. The molecule has 4 rings (SSSR count). The topological polar surface area (TPSA) is 54.3 Å². The molecule has 2 aromatic carbocycles. The molecule has 0 unspecified atom stereocenters. The molecule has 1 amide bonds. The lowest BCUT2D eigenvalue weighted by Crippen LogP contribution is -2.18. The maximum atomic E-state index is 14.1. The number of hydrogen-bond donors (Lipinski definition) is 2. The molecule has 1 saturated carbocycles. The van der Waals surface area contributed by atoms with Gasteiger partial charge in [-0.1, -0.05) is 18.2 Å². The number of thioether (sulfide) groups is 1. The van der Waals surface area contributed by atoms with E-state index in [9.17, 15) is 27.5 Å². The van der Waals surface area contributed by atoms with Gasteiger partial charge in [0.2, 0.25) is 0 Å². The van der Waals surface area contributed by atoms with Crippen molar-refractivity contribution in [3.05, 3.63) is 71.2 Å². The average molecular weight is 479 g/mol. The number of amides is 1. The Kier molecular flexibility index (Phi) is 6.05. The summed E-state index contributed by atoms with van der Waals surface area (Å²) in [6, 6.07) is 9.47. The fourth-order valence-corrected chi connectivity index (χ4v) is 4.33. The van der Waals surface area contributed by atoms with Crippen LogP contribution in [0.15, 0.2) is 53.6 Å². The average Bonchev–Trinajstić information content (AvgIpc) is 3.38. The van der Waals surface area contributed by atoms with Crippen molar-refractivity contribution in [3.8, 4) is 11.3 Å². The summed E-state index contributed by atoms with van der Waals surface area (Å²) in [4.78, 5) is 13.5. The number of nitrogens with one attached hydrogen (secondary N) is 1. The van der Waals surface area contributed by atoms with Crippen LogP contribution in [0.4, 0.5) is 23.2 Å². The Bertz CT molecular complexity index is 1220. The molecule has 2 N–H and O–H groups in total. The van der Waals surface area contributed by atoms with E-state index >= 15 is 0 Å². The maximum Gasteiger partial charge on any atom is 0.417 e. The number of benzene rings is 2. The molecule has 1 aromatic heterocycles. The molecule has 0 spiro atoms. The SMILES string of the molecule is CSc1ccc(NC(=O)c2cn(CC3(O)CC3)c(-c3ccccc3C(F)(F)F)c2C)cc1F. The van der Waals surface area contributed by atoms with E-state index in [1.54, 1.807) is 25.3 Å². The van der Waals surface area contributed by atoms with Gasteiger partial charge in [0.1, 0.15) is 5.82 Å². The van der Waals surface area contributed by atoms with Gasteiger partial charge in [0.15, 0.2) is 0 Å². The van der Waals surface area contributed by atoms with Crippen molar-refractivity contribution >= 4 is 23.4 Å². The van der Waals surface area contributed by atoms with E-state index in [0.29, 0.717) is 23.3 Å². The molecule has 1 heterocycles. The van der Waals surface area contributed by atoms with Crippen LogP contribution < -0.4 is 5.32 Å². The van der Waals surface area contributed by atoms with E-state index in [-0.39, 0.29) is 29.1 Å². The van der Waals surface area contributed by atoms with E-state index in [0.717, 1.165) is 6.07 Å². The zero-order valence-corrected chi connectivity index (χ0v) is 18.8. The smallest absolute Gasteiger partial charge is 0.388 e. The maximum absolute atomic E-state index is 14.1. The quantitative estimate of drug-likeness (QED) is 0.332. The van der Waals surface area contributed by atoms with Crippen LogP contribution >= 0.6 is 11.8 Å². The summed E-state index contributed by atoms with van der Waals surface area (Å²) >= 11 is 1.23. The Hall–Kier alpha value is -2.78. The first-order chi connectivity index (χ1) is 15.5. The van der Waals surface area contributed by atoms with Crippen molar-refractivity contribution < 1.29 is 27.5 Å². The van der Waals surface area contributed by atoms with Crippen LogP contribution in [0, 0.1) is 12.7 Å². The lowest BCUT2D eigenvalue weighted by molar-refractivity contribution is -0.137.